The van der Waals surface area contributed by atoms with Gasteiger partial charge in [0, 0.05) is 13.1 Å². The van der Waals surface area contributed by atoms with Crippen LogP contribution in [0, 0.1) is 6.92 Å². The van der Waals surface area contributed by atoms with Crippen LogP contribution in [0.3, 0.4) is 0 Å². The first-order valence-corrected chi connectivity index (χ1v) is 8.15. The molecule has 0 atom stereocenters. The lowest BCUT2D eigenvalue weighted by Gasteiger charge is -2.21. The molecule has 0 aliphatic carbocycles. The molecule has 1 aromatic carbocycles. The Morgan fingerprint density at radius 2 is 2.15 bits per heavy atom. The smallest absolute Gasteiger partial charge is 0.273 e. The summed E-state index contributed by atoms with van der Waals surface area (Å²) >= 11 is 5.95. The number of rotatable bonds is 3. The van der Waals surface area contributed by atoms with Crippen LogP contribution in [-0.2, 0) is 6.61 Å². The van der Waals surface area contributed by atoms with Crippen molar-refractivity contribution in [2.24, 2.45) is 0 Å². The molecular formula is C16H14ClN7O2. The minimum atomic E-state index is -0.378. The van der Waals surface area contributed by atoms with E-state index in [-0.39, 0.29) is 16.8 Å². The molecule has 1 amide bonds. The third-order valence-electron chi connectivity index (χ3n) is 3.82. The van der Waals surface area contributed by atoms with Gasteiger partial charge in [0.1, 0.15) is 18.1 Å². The summed E-state index contributed by atoms with van der Waals surface area (Å²) in [6.45, 7) is 2.12. The summed E-state index contributed by atoms with van der Waals surface area (Å²) in [5.41, 5.74) is 1.95. The van der Waals surface area contributed by atoms with Crippen molar-refractivity contribution in [1.29, 1.82) is 0 Å². The van der Waals surface area contributed by atoms with E-state index >= 15 is 0 Å². The average Bonchev–Trinajstić information content (AvgIpc) is 3.02. The Kier molecular flexibility index (Phi) is 3.92. The summed E-state index contributed by atoms with van der Waals surface area (Å²) in [6, 6.07) is 7.10. The summed E-state index contributed by atoms with van der Waals surface area (Å²) in [5, 5.41) is 17.9. The number of anilines is 2. The molecule has 26 heavy (non-hydrogen) atoms. The summed E-state index contributed by atoms with van der Waals surface area (Å²) in [5.74, 6) is 1.62. The van der Waals surface area contributed by atoms with Crippen LogP contribution in [0.5, 0.6) is 5.75 Å². The highest BCUT2D eigenvalue weighted by Crippen LogP contribution is 2.37. The standard InChI is InChI=1S/C16H14ClN7O2/c1-8-19-13-7-26-15-9(4-3-5-11(15)24(13)23-8)20-10-6-12(17)21-22-14(10)16(25)18-2/h3-6H,7H2,1-2H3,(H,18,25)(H,20,21). The van der Waals surface area contributed by atoms with E-state index in [1.165, 1.54) is 13.1 Å². The van der Waals surface area contributed by atoms with Crippen LogP contribution in [0.4, 0.5) is 11.4 Å². The molecule has 4 rings (SSSR count). The molecule has 1 aliphatic rings. The highest BCUT2D eigenvalue weighted by molar-refractivity contribution is 6.29. The van der Waals surface area contributed by atoms with Gasteiger partial charge < -0.3 is 15.4 Å². The number of hydrogen-bond acceptors (Lipinski definition) is 7. The van der Waals surface area contributed by atoms with Crippen molar-refractivity contribution in [2.75, 3.05) is 12.4 Å². The number of aromatic nitrogens is 5. The molecule has 0 saturated carbocycles. The first-order valence-electron chi connectivity index (χ1n) is 7.78. The third-order valence-corrected chi connectivity index (χ3v) is 4.01. The fourth-order valence-electron chi connectivity index (χ4n) is 2.72. The van der Waals surface area contributed by atoms with Gasteiger partial charge >= 0.3 is 0 Å². The van der Waals surface area contributed by atoms with Crippen LogP contribution in [-0.4, -0.2) is 37.9 Å². The van der Waals surface area contributed by atoms with Gasteiger partial charge in [0.05, 0.1) is 11.4 Å². The van der Waals surface area contributed by atoms with Crippen LogP contribution < -0.4 is 15.4 Å². The van der Waals surface area contributed by atoms with Crippen LogP contribution in [0.2, 0.25) is 5.15 Å². The Bertz CT molecular complexity index is 1020. The van der Waals surface area contributed by atoms with E-state index in [4.69, 9.17) is 16.3 Å². The van der Waals surface area contributed by atoms with Gasteiger partial charge in [-0.3, -0.25) is 4.79 Å². The summed E-state index contributed by atoms with van der Waals surface area (Å²) in [4.78, 5) is 16.4. The zero-order chi connectivity index (χ0) is 18.3. The lowest BCUT2D eigenvalue weighted by Crippen LogP contribution is -2.21. The van der Waals surface area contributed by atoms with Crippen LogP contribution in [0.25, 0.3) is 5.69 Å². The number of ether oxygens (including phenoxy) is 1. The lowest BCUT2D eigenvalue weighted by atomic mass is 10.2. The van der Waals surface area contributed by atoms with E-state index in [2.05, 4.69) is 30.9 Å². The monoisotopic (exact) mass is 371 g/mol. The maximum atomic E-state index is 12.0. The number of hydrogen-bond donors (Lipinski definition) is 2. The maximum absolute atomic E-state index is 12.0. The number of amides is 1. The first-order chi connectivity index (χ1) is 12.6. The minimum Gasteiger partial charge on any atom is -0.481 e. The first kappa shape index (κ1) is 16.3. The second kappa shape index (κ2) is 6.26. The Morgan fingerprint density at radius 3 is 2.96 bits per heavy atom. The van der Waals surface area contributed by atoms with Crippen LogP contribution >= 0.6 is 11.6 Å². The number of halogens is 1. The zero-order valence-corrected chi connectivity index (χ0v) is 14.7. The van der Waals surface area contributed by atoms with E-state index < -0.39 is 0 Å². The second-order valence-corrected chi connectivity index (χ2v) is 5.95. The molecule has 0 fully saturated rings. The molecule has 3 aromatic rings. The molecule has 0 spiro atoms. The summed E-state index contributed by atoms with van der Waals surface area (Å²) in [7, 11) is 1.52. The number of benzene rings is 1. The van der Waals surface area contributed by atoms with Gasteiger partial charge in [-0.05, 0) is 19.1 Å². The van der Waals surface area contributed by atoms with E-state index in [0.29, 0.717) is 29.6 Å². The van der Waals surface area contributed by atoms with Gasteiger partial charge in [0.2, 0.25) is 0 Å². The quantitative estimate of drug-likeness (QED) is 0.725. The highest BCUT2D eigenvalue weighted by Gasteiger charge is 2.23. The van der Waals surface area contributed by atoms with Gasteiger partial charge in [0.15, 0.2) is 22.4 Å². The lowest BCUT2D eigenvalue weighted by molar-refractivity contribution is 0.0958. The summed E-state index contributed by atoms with van der Waals surface area (Å²) < 4.78 is 7.61. The van der Waals surface area contributed by atoms with Crippen molar-refractivity contribution >= 4 is 28.9 Å². The van der Waals surface area contributed by atoms with E-state index in [0.717, 1.165) is 11.5 Å². The largest absolute Gasteiger partial charge is 0.481 e. The second-order valence-electron chi connectivity index (χ2n) is 5.56. The third kappa shape index (κ3) is 2.72. The fraction of sp³-hybridized carbons (Fsp3) is 0.188. The highest BCUT2D eigenvalue weighted by atomic mass is 35.5. The fourth-order valence-corrected chi connectivity index (χ4v) is 2.87. The minimum absolute atomic E-state index is 0.127. The number of fused-ring (bicyclic) bond motifs is 3. The number of nitrogens with zero attached hydrogens (tertiary/aromatic N) is 5. The zero-order valence-electron chi connectivity index (χ0n) is 13.9. The molecule has 2 N–H and O–H groups in total. The molecule has 0 radical (unpaired) electrons. The van der Waals surface area contributed by atoms with Gasteiger partial charge in [-0.1, -0.05) is 17.7 Å². The van der Waals surface area contributed by atoms with Gasteiger partial charge in [-0.15, -0.1) is 10.2 Å². The van der Waals surface area contributed by atoms with Crippen LogP contribution in [0.15, 0.2) is 24.3 Å². The molecule has 1 aliphatic heterocycles. The summed E-state index contributed by atoms with van der Waals surface area (Å²) in [6.07, 6.45) is 0. The Hall–Kier alpha value is -3.20. The van der Waals surface area contributed by atoms with Crippen molar-refractivity contribution in [1.82, 2.24) is 30.3 Å². The molecule has 2 aromatic heterocycles. The van der Waals surface area contributed by atoms with Crippen LogP contribution in [0.1, 0.15) is 22.1 Å². The molecule has 9 nitrogen and oxygen atoms in total. The molecule has 3 heterocycles. The topological polar surface area (TPSA) is 107 Å². The van der Waals surface area contributed by atoms with Gasteiger partial charge in [-0.25, -0.2) is 9.67 Å². The SMILES string of the molecule is CNC(=O)c1nnc(Cl)cc1Nc1cccc2c1OCc1nc(C)nn1-2. The van der Waals surface area contributed by atoms with E-state index in [1.807, 2.05) is 25.1 Å². The molecule has 0 bridgehead atoms. The average molecular weight is 372 g/mol. The van der Waals surface area contributed by atoms with Gasteiger partial charge in [-0.2, -0.15) is 5.10 Å². The van der Waals surface area contributed by atoms with E-state index in [9.17, 15) is 4.79 Å². The molecule has 10 heteroatoms. The van der Waals surface area contributed by atoms with Gasteiger partial charge in [0.25, 0.3) is 5.91 Å². The van der Waals surface area contributed by atoms with Crippen molar-refractivity contribution in [3.63, 3.8) is 0 Å². The Labute approximate surface area is 153 Å². The number of carbonyl (C=O) groups is 1. The molecular weight excluding hydrogens is 358 g/mol. The maximum Gasteiger partial charge on any atom is 0.273 e. The number of para-hydroxylation sites is 1. The molecule has 132 valence electrons. The van der Waals surface area contributed by atoms with Crippen molar-refractivity contribution in [2.45, 2.75) is 13.5 Å². The van der Waals surface area contributed by atoms with Crippen molar-refractivity contribution in [3.05, 3.63) is 46.8 Å². The predicted octanol–water partition coefficient (Wildman–Crippen LogP) is 2.01. The van der Waals surface area contributed by atoms with Crippen molar-refractivity contribution < 1.29 is 9.53 Å². The Morgan fingerprint density at radius 1 is 1.31 bits per heavy atom. The van der Waals surface area contributed by atoms with E-state index in [1.54, 1.807) is 4.68 Å². The number of carbonyl (C=O) groups excluding carboxylic acids is 1. The molecule has 0 unspecified atom stereocenters. The predicted molar refractivity (Wildman–Crippen MR) is 94.1 cm³/mol. The van der Waals surface area contributed by atoms with Crippen molar-refractivity contribution in [3.8, 4) is 11.4 Å². The molecule has 0 saturated heterocycles. The number of aryl methyl sites for hydroxylation is 1. The normalized spacial score (nSPS) is 12.0. The number of nitrogens with one attached hydrogen (secondary N) is 2. The Balaban J connectivity index is 1.78.